The van der Waals surface area contributed by atoms with Crippen LogP contribution in [0.5, 0.6) is 0 Å². The zero-order chi connectivity index (χ0) is 16.3. The first-order chi connectivity index (χ1) is 11.3. The summed E-state index contributed by atoms with van der Waals surface area (Å²) in [5, 5.41) is 7.66. The largest absolute Gasteiger partial charge is 0.302 e. The van der Waals surface area contributed by atoms with Gasteiger partial charge >= 0.3 is 0 Å². The maximum Gasteiger partial charge on any atom is 0.226 e. The number of anilines is 1. The molecule has 23 heavy (non-hydrogen) atoms. The molecule has 0 aliphatic carbocycles. The van der Waals surface area contributed by atoms with Gasteiger partial charge in [-0.3, -0.25) is 4.79 Å². The molecule has 0 aliphatic rings. The number of hydrogen-bond acceptors (Lipinski definition) is 4. The first-order valence-corrected chi connectivity index (χ1v) is 10.3. The van der Waals surface area contributed by atoms with Crippen molar-refractivity contribution >= 4 is 33.7 Å². The third-order valence-corrected chi connectivity index (χ3v) is 5.43. The summed E-state index contributed by atoms with van der Waals surface area (Å²) in [6.45, 7) is 2.24. The second-order valence-corrected chi connectivity index (χ2v) is 7.59. The topological polar surface area (TPSA) is 42.0 Å². The van der Waals surface area contributed by atoms with Crippen LogP contribution >= 0.6 is 22.7 Å². The van der Waals surface area contributed by atoms with Crippen molar-refractivity contribution in [2.75, 3.05) is 5.32 Å². The zero-order valence-corrected chi connectivity index (χ0v) is 15.5. The smallest absolute Gasteiger partial charge is 0.226 e. The Morgan fingerprint density at radius 1 is 1.09 bits per heavy atom. The fourth-order valence-corrected chi connectivity index (χ4v) is 3.96. The van der Waals surface area contributed by atoms with Crippen molar-refractivity contribution in [3.63, 3.8) is 0 Å². The summed E-state index contributed by atoms with van der Waals surface area (Å²) in [7, 11) is 0. The molecular formula is C18H26N2OS2. The Balaban J connectivity index is 1.58. The minimum Gasteiger partial charge on any atom is -0.302 e. The van der Waals surface area contributed by atoms with Gasteiger partial charge in [-0.05, 0) is 17.9 Å². The lowest BCUT2D eigenvalue weighted by Gasteiger charge is -2.02. The van der Waals surface area contributed by atoms with Gasteiger partial charge in [0.15, 0.2) is 5.13 Å². The lowest BCUT2D eigenvalue weighted by Crippen LogP contribution is -2.10. The molecule has 2 heterocycles. The number of rotatable bonds is 11. The van der Waals surface area contributed by atoms with Crippen molar-refractivity contribution in [3.8, 4) is 10.6 Å². The first-order valence-electron chi connectivity index (χ1n) is 8.59. The molecule has 0 radical (unpaired) electrons. The molecule has 0 aliphatic heterocycles. The van der Waals surface area contributed by atoms with Gasteiger partial charge in [0.25, 0.3) is 0 Å². The van der Waals surface area contributed by atoms with Crippen molar-refractivity contribution in [1.82, 2.24) is 4.98 Å². The van der Waals surface area contributed by atoms with Crippen LogP contribution in [-0.4, -0.2) is 10.9 Å². The van der Waals surface area contributed by atoms with Crippen LogP contribution in [0.25, 0.3) is 10.6 Å². The van der Waals surface area contributed by atoms with Gasteiger partial charge in [0.05, 0.1) is 10.6 Å². The molecule has 0 unspecified atom stereocenters. The number of carbonyl (C=O) groups excluding carboxylic acids is 1. The molecule has 0 fully saturated rings. The van der Waals surface area contributed by atoms with Crippen LogP contribution in [0.3, 0.4) is 0 Å². The highest BCUT2D eigenvalue weighted by molar-refractivity contribution is 7.16. The van der Waals surface area contributed by atoms with Crippen LogP contribution in [-0.2, 0) is 4.79 Å². The monoisotopic (exact) mass is 350 g/mol. The highest BCUT2D eigenvalue weighted by Crippen LogP contribution is 2.28. The number of unbranched alkanes of at least 4 members (excludes halogenated alkanes) is 7. The van der Waals surface area contributed by atoms with Crippen molar-refractivity contribution in [2.24, 2.45) is 0 Å². The van der Waals surface area contributed by atoms with E-state index in [4.69, 9.17) is 0 Å². The van der Waals surface area contributed by atoms with E-state index in [-0.39, 0.29) is 5.91 Å². The maximum atomic E-state index is 11.9. The molecule has 2 aromatic heterocycles. The molecule has 0 aromatic carbocycles. The van der Waals surface area contributed by atoms with Gasteiger partial charge in [0, 0.05) is 11.8 Å². The summed E-state index contributed by atoms with van der Waals surface area (Å²) in [5.41, 5.74) is 0.951. The van der Waals surface area contributed by atoms with Crippen LogP contribution in [0.4, 0.5) is 5.13 Å². The molecule has 0 saturated carbocycles. The van der Waals surface area contributed by atoms with Gasteiger partial charge in [-0.2, -0.15) is 0 Å². The van der Waals surface area contributed by atoms with E-state index in [0.29, 0.717) is 11.6 Å². The number of thiophene rings is 1. The lowest BCUT2D eigenvalue weighted by molar-refractivity contribution is -0.116. The molecule has 1 amide bonds. The summed E-state index contributed by atoms with van der Waals surface area (Å²) < 4.78 is 0. The van der Waals surface area contributed by atoms with Gasteiger partial charge in [0.2, 0.25) is 5.91 Å². The Morgan fingerprint density at radius 3 is 2.52 bits per heavy atom. The van der Waals surface area contributed by atoms with Crippen molar-refractivity contribution in [3.05, 3.63) is 22.9 Å². The molecule has 1 N–H and O–H groups in total. The second-order valence-electron chi connectivity index (χ2n) is 5.79. The number of aromatic nitrogens is 1. The van der Waals surface area contributed by atoms with E-state index in [2.05, 4.69) is 17.2 Å². The van der Waals surface area contributed by atoms with Crippen molar-refractivity contribution in [2.45, 2.75) is 64.7 Å². The van der Waals surface area contributed by atoms with Crippen molar-refractivity contribution < 1.29 is 4.79 Å². The summed E-state index contributed by atoms with van der Waals surface area (Å²) in [6, 6.07) is 4.06. The molecule has 3 nitrogen and oxygen atoms in total. The summed E-state index contributed by atoms with van der Waals surface area (Å²) in [5.74, 6) is 0.0862. The van der Waals surface area contributed by atoms with Gasteiger partial charge < -0.3 is 5.32 Å². The van der Waals surface area contributed by atoms with Crippen LogP contribution in [0, 0.1) is 0 Å². The number of nitrogens with one attached hydrogen (secondary N) is 1. The minimum absolute atomic E-state index is 0.0862. The Morgan fingerprint density at radius 2 is 1.83 bits per heavy atom. The third-order valence-electron chi connectivity index (χ3n) is 3.78. The summed E-state index contributed by atoms with van der Waals surface area (Å²) in [4.78, 5) is 17.6. The molecule has 0 bridgehead atoms. The highest BCUT2D eigenvalue weighted by Gasteiger charge is 2.08. The first kappa shape index (κ1) is 18.1. The lowest BCUT2D eigenvalue weighted by atomic mass is 10.1. The van der Waals surface area contributed by atoms with Crippen LogP contribution in [0.15, 0.2) is 22.9 Å². The van der Waals surface area contributed by atoms with Crippen LogP contribution in [0.1, 0.15) is 64.7 Å². The highest BCUT2D eigenvalue weighted by atomic mass is 32.1. The van der Waals surface area contributed by atoms with Crippen molar-refractivity contribution in [1.29, 1.82) is 0 Å². The number of amides is 1. The molecule has 0 atom stereocenters. The average Bonchev–Trinajstić information content (AvgIpc) is 3.21. The van der Waals surface area contributed by atoms with E-state index in [9.17, 15) is 4.79 Å². The Hall–Kier alpha value is -1.20. The molecular weight excluding hydrogens is 324 g/mol. The van der Waals surface area contributed by atoms with E-state index >= 15 is 0 Å². The SMILES string of the molecule is CCCCCCCCCCC(=O)Nc1nc(-c2cccs2)cs1. The number of hydrogen-bond donors (Lipinski definition) is 1. The van der Waals surface area contributed by atoms with Gasteiger partial charge in [0.1, 0.15) is 0 Å². The predicted molar refractivity (Wildman–Crippen MR) is 101 cm³/mol. The van der Waals surface area contributed by atoms with E-state index < -0.39 is 0 Å². The minimum atomic E-state index is 0.0862. The van der Waals surface area contributed by atoms with E-state index in [0.717, 1.165) is 23.4 Å². The Bertz CT molecular complexity index is 563. The van der Waals surface area contributed by atoms with Crippen LogP contribution in [0.2, 0.25) is 0 Å². The van der Waals surface area contributed by atoms with Gasteiger partial charge in [-0.1, -0.05) is 57.9 Å². The Labute approximate surface area is 147 Å². The number of carbonyl (C=O) groups is 1. The van der Waals surface area contributed by atoms with E-state index in [1.165, 1.54) is 49.9 Å². The second kappa shape index (κ2) is 10.6. The molecule has 2 aromatic rings. The van der Waals surface area contributed by atoms with Crippen LogP contribution < -0.4 is 5.32 Å². The number of thiazole rings is 1. The predicted octanol–water partition coefficient (Wildman–Crippen LogP) is 6.34. The van der Waals surface area contributed by atoms with E-state index in [1.807, 2.05) is 22.9 Å². The normalized spacial score (nSPS) is 10.8. The average molecular weight is 351 g/mol. The molecule has 5 heteroatoms. The fraction of sp³-hybridized carbons (Fsp3) is 0.556. The number of nitrogens with zero attached hydrogens (tertiary/aromatic N) is 1. The standard InChI is InChI=1S/C18H26N2OS2/c1-2-3-4-5-6-7-8-9-12-17(21)20-18-19-15(14-23-18)16-11-10-13-22-16/h10-11,13-14H,2-9,12H2,1H3,(H,19,20,21). The summed E-state index contributed by atoms with van der Waals surface area (Å²) >= 11 is 3.16. The summed E-state index contributed by atoms with van der Waals surface area (Å²) in [6.07, 6.45) is 10.6. The van der Waals surface area contributed by atoms with E-state index in [1.54, 1.807) is 11.3 Å². The maximum absolute atomic E-state index is 11.9. The molecule has 126 valence electrons. The van der Waals surface area contributed by atoms with Gasteiger partial charge in [-0.15, -0.1) is 22.7 Å². The zero-order valence-electron chi connectivity index (χ0n) is 13.8. The van der Waals surface area contributed by atoms with Gasteiger partial charge in [-0.25, -0.2) is 4.98 Å². The molecule has 2 rings (SSSR count). The third kappa shape index (κ3) is 6.83. The molecule has 0 saturated heterocycles. The Kier molecular flexibility index (Phi) is 8.32. The fourth-order valence-electron chi connectivity index (χ4n) is 2.47. The molecule has 0 spiro atoms. The quantitative estimate of drug-likeness (QED) is 0.480.